The Morgan fingerprint density at radius 3 is 1.22 bits per heavy atom. The molecule has 0 aromatic heterocycles. The molecule has 0 heterocycles. The number of ether oxygens (including phenoxy) is 9. The number of aromatic carboxylic acids is 1. The molecule has 9 N–H and O–H groups in total. The lowest BCUT2D eigenvalue weighted by atomic mass is 9.96. The summed E-state index contributed by atoms with van der Waals surface area (Å²) in [6, 6.07) is 18.0. The third kappa shape index (κ3) is 25.3. The van der Waals surface area contributed by atoms with Gasteiger partial charge >= 0.3 is 35.8 Å². The number of amides is 2. The molecular weight excluding hydrogens is 1120 g/mol. The summed E-state index contributed by atoms with van der Waals surface area (Å²) in [4.78, 5) is 117. The maximum atomic E-state index is 14.4. The molecule has 26 nitrogen and oxygen atoms in total. The monoisotopic (exact) mass is 1200 g/mol. The number of nitrogens with two attached hydrogens (primary N) is 4. The van der Waals surface area contributed by atoms with Crippen molar-refractivity contribution in [2.24, 2.45) is 32.9 Å². The topological polar surface area (TPSA) is 375 Å². The highest BCUT2D eigenvalue weighted by Crippen LogP contribution is 2.33. The molecule has 0 saturated carbocycles. The van der Waals surface area contributed by atoms with Gasteiger partial charge in [0.2, 0.25) is 0 Å². The quantitative estimate of drug-likeness (QED) is 0.0117. The zero-order valence-electron chi connectivity index (χ0n) is 50.6. The van der Waals surface area contributed by atoms with Crippen molar-refractivity contribution in [2.75, 3.05) is 65.8 Å². The van der Waals surface area contributed by atoms with Gasteiger partial charge in [-0.2, -0.15) is 0 Å². The maximum Gasteiger partial charge on any atom is 0.343 e. The largest absolute Gasteiger partial charge is 0.491 e. The van der Waals surface area contributed by atoms with Crippen LogP contribution in [0.2, 0.25) is 0 Å². The molecule has 0 radical (unpaired) electrons. The zero-order valence-corrected chi connectivity index (χ0v) is 50.6. The second kappa shape index (κ2) is 30.5. The fraction of sp³-hybridized carbons (Fsp3) is 0.433. The lowest BCUT2D eigenvalue weighted by Gasteiger charge is -2.27. The number of benzene rings is 4. The van der Waals surface area contributed by atoms with E-state index in [0.29, 0.717) is 5.69 Å². The molecule has 0 saturated heterocycles. The third-order valence-electron chi connectivity index (χ3n) is 10.6. The maximum absolute atomic E-state index is 14.4. The van der Waals surface area contributed by atoms with Crippen LogP contribution < -0.4 is 37.1 Å². The van der Waals surface area contributed by atoms with Crippen LogP contribution in [0.4, 0.5) is 11.4 Å². The lowest BCUT2D eigenvalue weighted by molar-refractivity contribution is -0.160. The molecule has 4 aromatic rings. The molecule has 0 aliphatic carbocycles. The summed E-state index contributed by atoms with van der Waals surface area (Å²) in [5.74, 6) is -7.54. The van der Waals surface area contributed by atoms with Crippen LogP contribution in [-0.2, 0) is 47.6 Å². The summed E-state index contributed by atoms with van der Waals surface area (Å²) in [7, 11) is 0. The SMILES string of the molecule is CC(C)(C)OC(=O)CN(CC(=O)OC(C)(C)C)C(=O)c1cc(OCCOCCOCCOc2cc(C(=O)N(CC(=O)OC(C)(C)C)CC(=O)OC(C)(C)C)cc(-c3cc(N=C(N)N)ccc3C(=O)O)c2)cc(OC(=O)c2ccc(N=C(N)N)cc2)c1. The van der Waals surface area contributed by atoms with Gasteiger partial charge in [0.15, 0.2) is 11.9 Å². The van der Waals surface area contributed by atoms with E-state index >= 15 is 0 Å². The molecular formula is C60H78N8O18. The minimum atomic E-state index is -1.31. The van der Waals surface area contributed by atoms with Crippen molar-refractivity contribution < 1.29 is 86.1 Å². The average Bonchev–Trinajstić information content (AvgIpc) is 1.06. The number of carboxylic acid groups (broad SMARTS) is 1. The van der Waals surface area contributed by atoms with E-state index in [9.17, 15) is 43.5 Å². The van der Waals surface area contributed by atoms with Gasteiger partial charge in [0.05, 0.1) is 48.9 Å². The van der Waals surface area contributed by atoms with E-state index in [-0.39, 0.29) is 108 Å². The van der Waals surface area contributed by atoms with E-state index in [2.05, 4.69) is 9.98 Å². The molecule has 0 fully saturated rings. The number of carbonyl (C=O) groups is 8. The van der Waals surface area contributed by atoms with Crippen molar-refractivity contribution in [2.45, 2.75) is 105 Å². The van der Waals surface area contributed by atoms with Gasteiger partial charge in [0.25, 0.3) is 11.8 Å². The molecule has 86 heavy (non-hydrogen) atoms. The van der Waals surface area contributed by atoms with E-state index < -0.39 is 96.2 Å². The summed E-state index contributed by atoms with van der Waals surface area (Å²) >= 11 is 0. The third-order valence-corrected chi connectivity index (χ3v) is 10.6. The Morgan fingerprint density at radius 2 is 0.814 bits per heavy atom. The molecule has 466 valence electrons. The van der Waals surface area contributed by atoms with Crippen LogP contribution >= 0.6 is 0 Å². The molecule has 0 atom stereocenters. The Kier molecular flexibility index (Phi) is 24.5. The number of nitrogens with zero attached hydrogens (tertiary/aromatic N) is 4. The van der Waals surface area contributed by atoms with E-state index in [0.717, 1.165) is 9.80 Å². The summed E-state index contributed by atoms with van der Waals surface area (Å²) in [6.07, 6.45) is 0. The van der Waals surface area contributed by atoms with Gasteiger partial charge in [-0.1, -0.05) is 0 Å². The average molecular weight is 1200 g/mol. The number of hydrogen-bond acceptors (Lipinski definition) is 19. The first-order valence-corrected chi connectivity index (χ1v) is 27.0. The first-order chi connectivity index (χ1) is 39.9. The Morgan fingerprint density at radius 1 is 0.442 bits per heavy atom. The minimum Gasteiger partial charge on any atom is -0.491 e. The number of guanidine groups is 2. The second-order valence-electron chi connectivity index (χ2n) is 23.1. The van der Waals surface area contributed by atoms with E-state index in [1.807, 2.05) is 0 Å². The van der Waals surface area contributed by atoms with Gasteiger partial charge < -0.3 is 80.5 Å². The second-order valence-corrected chi connectivity index (χ2v) is 23.1. The van der Waals surface area contributed by atoms with Crippen LogP contribution in [0.1, 0.15) is 125 Å². The number of aliphatic imine (C=N–C) groups is 2. The molecule has 4 rings (SSSR count). The fourth-order valence-corrected chi connectivity index (χ4v) is 7.60. The van der Waals surface area contributed by atoms with E-state index in [4.69, 9.17) is 65.6 Å². The smallest absolute Gasteiger partial charge is 0.343 e. The van der Waals surface area contributed by atoms with Gasteiger partial charge in [-0.05, 0) is 167 Å². The molecule has 0 unspecified atom stereocenters. The van der Waals surface area contributed by atoms with Crippen LogP contribution in [0.3, 0.4) is 0 Å². The lowest BCUT2D eigenvalue weighted by Crippen LogP contribution is -2.43. The highest BCUT2D eigenvalue weighted by atomic mass is 16.6. The number of hydrogen-bond donors (Lipinski definition) is 5. The van der Waals surface area contributed by atoms with Crippen molar-refractivity contribution in [1.82, 2.24) is 9.80 Å². The molecule has 0 spiro atoms. The van der Waals surface area contributed by atoms with Gasteiger partial charge in [-0.25, -0.2) is 19.6 Å². The standard InChI is InChI=1S/C60H78N8O18/c1-57(2,3)83-47(69)32-67(33-48(70)84-58(4,5)6)51(73)38-25-37(46-30-41(66-56(63)64)17-18-45(46)53(75)76)26-42(27-38)80-23-21-78-19-20-79-22-24-81-43-28-39(29-44(31-43)82-54(77)36-13-15-40(16-14-36)65-55(61)62)52(74)68(34-49(71)85-59(7,8)9)35-50(72)86-60(10,11)12/h13-18,25-31H,19-24,32-35H2,1-12H3,(H,75,76)(H4,61,62,65)(H4,63,64,66). The summed E-state index contributed by atoms with van der Waals surface area (Å²) in [5.41, 5.74) is 19.0. The number of esters is 5. The predicted molar refractivity (Wildman–Crippen MR) is 315 cm³/mol. The van der Waals surface area contributed by atoms with Crippen molar-refractivity contribution in [1.29, 1.82) is 0 Å². The van der Waals surface area contributed by atoms with Crippen molar-refractivity contribution in [3.63, 3.8) is 0 Å². The van der Waals surface area contributed by atoms with Crippen molar-refractivity contribution in [3.8, 4) is 28.4 Å². The molecule has 0 aliphatic heterocycles. The summed E-state index contributed by atoms with van der Waals surface area (Å²) in [6.45, 7) is 17.0. The van der Waals surface area contributed by atoms with Crippen LogP contribution in [0.15, 0.2) is 88.8 Å². The van der Waals surface area contributed by atoms with E-state index in [1.54, 1.807) is 83.1 Å². The molecule has 0 aliphatic rings. The van der Waals surface area contributed by atoms with Crippen molar-refractivity contribution in [3.05, 3.63) is 101 Å². The Balaban J connectivity index is 1.52. The fourth-order valence-electron chi connectivity index (χ4n) is 7.60. The normalized spacial score (nSPS) is 11.5. The summed E-state index contributed by atoms with van der Waals surface area (Å²) in [5, 5.41) is 10.2. The number of carboxylic acids is 1. The van der Waals surface area contributed by atoms with Gasteiger partial charge in [-0.15, -0.1) is 0 Å². The predicted octanol–water partition coefficient (Wildman–Crippen LogP) is 5.82. The zero-order chi connectivity index (χ0) is 64.3. The van der Waals surface area contributed by atoms with Crippen LogP contribution in [0.5, 0.6) is 17.2 Å². The molecule has 2 amide bonds. The van der Waals surface area contributed by atoms with E-state index in [1.165, 1.54) is 78.9 Å². The van der Waals surface area contributed by atoms with Crippen LogP contribution in [-0.4, -0.2) is 163 Å². The molecule has 26 heteroatoms. The van der Waals surface area contributed by atoms with Gasteiger partial charge in [-0.3, -0.25) is 28.8 Å². The highest BCUT2D eigenvalue weighted by molar-refractivity contribution is 6.02. The summed E-state index contributed by atoms with van der Waals surface area (Å²) < 4.78 is 51.0. The van der Waals surface area contributed by atoms with Gasteiger partial charge in [0.1, 0.15) is 79.0 Å². The first kappa shape index (κ1) is 69.2. The molecule has 0 bridgehead atoms. The van der Waals surface area contributed by atoms with Crippen LogP contribution in [0.25, 0.3) is 11.1 Å². The van der Waals surface area contributed by atoms with Crippen molar-refractivity contribution >= 4 is 70.9 Å². The Labute approximate surface area is 499 Å². The highest BCUT2D eigenvalue weighted by Gasteiger charge is 2.31. The number of carbonyl (C=O) groups excluding carboxylic acids is 7. The van der Waals surface area contributed by atoms with Crippen LogP contribution in [0, 0.1) is 0 Å². The minimum absolute atomic E-state index is 0.0100. The Hall–Kier alpha value is -9.30. The molecule has 4 aromatic carbocycles. The number of rotatable bonds is 27. The Bertz CT molecular complexity index is 3080. The first-order valence-electron chi connectivity index (χ1n) is 27.0. The van der Waals surface area contributed by atoms with Gasteiger partial charge in [0, 0.05) is 17.2 Å².